The third-order valence-corrected chi connectivity index (χ3v) is 3.22. The van der Waals surface area contributed by atoms with Crippen molar-refractivity contribution < 1.29 is 9.53 Å². The number of hydrogen-bond donors (Lipinski definition) is 1. The average Bonchev–Trinajstić information content (AvgIpc) is 2.38. The third-order valence-electron chi connectivity index (χ3n) is 3.22. The molecule has 0 bridgehead atoms. The van der Waals surface area contributed by atoms with Gasteiger partial charge in [0.05, 0.1) is 24.5 Å². The summed E-state index contributed by atoms with van der Waals surface area (Å²) in [7, 11) is 0. The molecule has 0 aliphatic heterocycles. The number of benzene rings is 1. The van der Waals surface area contributed by atoms with Crippen LogP contribution in [0.1, 0.15) is 49.9 Å². The Morgan fingerprint density at radius 1 is 1.43 bits per heavy atom. The average molecular weight is 355 g/mol. The van der Waals surface area contributed by atoms with Crippen molar-refractivity contribution in [3.8, 4) is 6.07 Å². The summed E-state index contributed by atoms with van der Waals surface area (Å²) >= 11 is 0. The predicted octanol–water partition coefficient (Wildman–Crippen LogP) is 3.33. The second kappa shape index (κ2) is 8.16. The minimum Gasteiger partial charge on any atom is -0.466 e. The lowest BCUT2D eigenvalue weighted by molar-refractivity contribution is -0.143. The molecule has 5 heteroatoms. The summed E-state index contributed by atoms with van der Waals surface area (Å²) < 4.78 is 4.91. The fraction of sp³-hybridized carbons (Fsp3) is 0.500. The summed E-state index contributed by atoms with van der Waals surface area (Å²) in [6, 6.07) is 7.69. The predicted molar refractivity (Wildman–Crippen MR) is 88.3 cm³/mol. The summed E-state index contributed by atoms with van der Waals surface area (Å²) in [6.45, 7) is 7.80. The van der Waals surface area contributed by atoms with Crippen LogP contribution in [-0.4, -0.2) is 12.6 Å². The van der Waals surface area contributed by atoms with Crippen LogP contribution in [0.2, 0.25) is 0 Å². The van der Waals surface area contributed by atoms with Gasteiger partial charge in [0, 0.05) is 6.04 Å². The number of ether oxygens (including phenoxy) is 1. The van der Waals surface area contributed by atoms with Crippen molar-refractivity contribution in [1.29, 1.82) is 5.26 Å². The van der Waals surface area contributed by atoms with Gasteiger partial charge in [0.25, 0.3) is 0 Å². The molecule has 1 atom stereocenters. The minimum atomic E-state index is -0.579. The van der Waals surface area contributed by atoms with Crippen molar-refractivity contribution in [1.82, 2.24) is 0 Å². The molecule has 4 nitrogen and oxygen atoms in total. The molecule has 0 amide bonds. The normalized spacial score (nSPS) is 12.0. The summed E-state index contributed by atoms with van der Waals surface area (Å²) in [5, 5.41) is 9.23. The first-order valence-corrected chi connectivity index (χ1v) is 6.74. The minimum absolute atomic E-state index is 0. The number of halogens is 1. The zero-order valence-electron chi connectivity index (χ0n) is 13.0. The number of nitriles is 1. The first kappa shape index (κ1) is 19.6. The molecule has 1 aromatic carbocycles. The van der Waals surface area contributed by atoms with E-state index in [-0.39, 0.29) is 29.4 Å². The van der Waals surface area contributed by atoms with Gasteiger partial charge in [0.1, 0.15) is 0 Å². The first-order valence-electron chi connectivity index (χ1n) is 6.74. The number of nitrogens with two attached hydrogens (primary N) is 1. The molecule has 2 N–H and O–H groups in total. The molecule has 0 fully saturated rings. The molecule has 0 aliphatic rings. The van der Waals surface area contributed by atoms with Gasteiger partial charge >= 0.3 is 5.97 Å². The second-order valence-corrected chi connectivity index (χ2v) is 5.48. The van der Waals surface area contributed by atoms with Crippen molar-refractivity contribution in [3.05, 3.63) is 34.9 Å². The lowest BCUT2D eigenvalue weighted by atomic mass is 9.83. The highest BCUT2D eigenvalue weighted by molar-refractivity contribution is 8.93. The van der Waals surface area contributed by atoms with Crippen molar-refractivity contribution in [2.45, 2.75) is 45.6 Å². The smallest absolute Gasteiger partial charge is 0.307 e. The van der Waals surface area contributed by atoms with Crippen molar-refractivity contribution in [3.63, 3.8) is 0 Å². The van der Waals surface area contributed by atoms with E-state index in [9.17, 15) is 10.1 Å². The number of hydrogen-bond acceptors (Lipinski definition) is 4. The molecule has 0 spiro atoms. The van der Waals surface area contributed by atoms with Crippen LogP contribution >= 0.6 is 17.0 Å². The first-order chi connectivity index (χ1) is 9.30. The maximum Gasteiger partial charge on any atom is 0.307 e. The monoisotopic (exact) mass is 354 g/mol. The number of esters is 1. The van der Waals surface area contributed by atoms with Gasteiger partial charge in [0.15, 0.2) is 0 Å². The van der Waals surface area contributed by atoms with Crippen molar-refractivity contribution in [2.24, 2.45) is 5.73 Å². The molecule has 1 unspecified atom stereocenters. The highest BCUT2D eigenvalue weighted by Gasteiger charge is 2.22. The van der Waals surface area contributed by atoms with Gasteiger partial charge in [-0.3, -0.25) is 4.79 Å². The van der Waals surface area contributed by atoms with Gasteiger partial charge in [-0.05, 0) is 38.8 Å². The summed E-state index contributed by atoms with van der Waals surface area (Å²) in [5.41, 5.74) is 8.28. The lowest BCUT2D eigenvalue weighted by Gasteiger charge is -2.20. The Labute approximate surface area is 137 Å². The molecule has 116 valence electrons. The van der Waals surface area contributed by atoms with E-state index < -0.39 is 11.5 Å². The van der Waals surface area contributed by atoms with Gasteiger partial charge in [-0.1, -0.05) is 23.8 Å². The van der Waals surface area contributed by atoms with Crippen LogP contribution in [0.5, 0.6) is 0 Å². The fourth-order valence-electron chi connectivity index (χ4n) is 1.97. The molecule has 0 saturated heterocycles. The largest absolute Gasteiger partial charge is 0.466 e. The Kier molecular flexibility index (Phi) is 7.62. The molecule has 0 heterocycles. The number of carbonyl (C=O) groups excluding carboxylic acids is 1. The highest BCUT2D eigenvalue weighted by Crippen LogP contribution is 2.27. The molecule has 0 radical (unpaired) electrons. The fourth-order valence-corrected chi connectivity index (χ4v) is 1.97. The Morgan fingerprint density at radius 3 is 2.57 bits per heavy atom. The topological polar surface area (TPSA) is 76.1 Å². The standard InChI is InChI=1S/C16H22N2O2.BrH/c1-5-20-15(19)9-14(18)12-6-11(2)7-13(8-12)16(3,4)10-17;/h6-8,14H,5,9,18H2,1-4H3;1H. The zero-order chi connectivity index (χ0) is 15.3. The third kappa shape index (κ3) is 5.49. The summed E-state index contributed by atoms with van der Waals surface area (Å²) in [6.07, 6.45) is 0.143. The number of rotatable bonds is 5. The van der Waals surface area contributed by atoms with Crippen LogP contribution in [0.4, 0.5) is 0 Å². The van der Waals surface area contributed by atoms with Crippen LogP contribution in [0.25, 0.3) is 0 Å². The molecular weight excluding hydrogens is 332 g/mol. The van der Waals surface area contributed by atoms with E-state index in [2.05, 4.69) is 6.07 Å². The molecular formula is C16H23BrN2O2. The summed E-state index contributed by atoms with van der Waals surface area (Å²) in [4.78, 5) is 11.5. The van der Waals surface area contributed by atoms with Crippen LogP contribution in [-0.2, 0) is 14.9 Å². The van der Waals surface area contributed by atoms with Gasteiger partial charge in [0.2, 0.25) is 0 Å². The molecule has 1 aromatic rings. The molecule has 0 aromatic heterocycles. The second-order valence-electron chi connectivity index (χ2n) is 5.48. The SMILES string of the molecule is Br.CCOC(=O)CC(N)c1cc(C)cc(C(C)(C)C#N)c1. The van der Waals surface area contributed by atoms with E-state index in [0.717, 1.165) is 16.7 Å². The number of aryl methyl sites for hydroxylation is 1. The number of carbonyl (C=O) groups is 1. The zero-order valence-corrected chi connectivity index (χ0v) is 14.7. The van der Waals surface area contributed by atoms with Gasteiger partial charge < -0.3 is 10.5 Å². The van der Waals surface area contributed by atoms with Crippen LogP contribution in [0, 0.1) is 18.3 Å². The van der Waals surface area contributed by atoms with E-state index >= 15 is 0 Å². The van der Waals surface area contributed by atoms with Crippen LogP contribution in [0.15, 0.2) is 18.2 Å². The molecule has 1 rings (SSSR count). The van der Waals surface area contributed by atoms with E-state index in [1.165, 1.54) is 0 Å². The molecule has 0 saturated carbocycles. The Hall–Kier alpha value is -1.38. The van der Waals surface area contributed by atoms with Crippen molar-refractivity contribution >= 4 is 23.0 Å². The van der Waals surface area contributed by atoms with E-state index in [4.69, 9.17) is 10.5 Å². The summed E-state index contributed by atoms with van der Waals surface area (Å²) in [5.74, 6) is -0.303. The lowest BCUT2D eigenvalue weighted by Crippen LogP contribution is -2.19. The Morgan fingerprint density at radius 2 is 2.05 bits per heavy atom. The highest BCUT2D eigenvalue weighted by atomic mass is 79.9. The van der Waals surface area contributed by atoms with Gasteiger partial charge in [-0.2, -0.15) is 5.26 Å². The molecule has 21 heavy (non-hydrogen) atoms. The van der Waals surface area contributed by atoms with E-state index in [0.29, 0.717) is 6.61 Å². The van der Waals surface area contributed by atoms with Crippen LogP contribution in [0.3, 0.4) is 0 Å². The molecule has 0 aliphatic carbocycles. The maximum atomic E-state index is 11.5. The van der Waals surface area contributed by atoms with Crippen LogP contribution < -0.4 is 5.73 Å². The van der Waals surface area contributed by atoms with E-state index in [1.807, 2.05) is 39.0 Å². The van der Waals surface area contributed by atoms with E-state index in [1.54, 1.807) is 6.92 Å². The quantitative estimate of drug-likeness (QED) is 0.822. The van der Waals surface area contributed by atoms with Gasteiger partial charge in [-0.25, -0.2) is 0 Å². The maximum absolute atomic E-state index is 11.5. The Bertz CT molecular complexity index is 536. The van der Waals surface area contributed by atoms with Gasteiger partial charge in [-0.15, -0.1) is 17.0 Å². The van der Waals surface area contributed by atoms with Crippen molar-refractivity contribution in [2.75, 3.05) is 6.61 Å². The number of nitrogens with zero attached hydrogens (tertiary/aromatic N) is 1. The Balaban J connectivity index is 0.00000400.